The van der Waals surface area contributed by atoms with Crippen LogP contribution in [0.2, 0.25) is 0 Å². The summed E-state index contributed by atoms with van der Waals surface area (Å²) in [5.74, 6) is -1.15. The molecule has 15 heavy (non-hydrogen) atoms. The Balaban J connectivity index is 2.47. The Morgan fingerprint density at radius 2 is 2.13 bits per heavy atom. The van der Waals surface area contributed by atoms with Crippen molar-refractivity contribution in [3.63, 3.8) is 0 Å². The predicted octanol–water partition coefficient (Wildman–Crippen LogP) is -0.0956. The van der Waals surface area contributed by atoms with Crippen molar-refractivity contribution < 1.29 is 14.7 Å². The highest BCUT2D eigenvalue weighted by atomic mass is 16.4. The average molecular weight is 214 g/mol. The second kappa shape index (κ2) is 5.11. The van der Waals surface area contributed by atoms with Crippen LogP contribution in [0.5, 0.6) is 0 Å². The minimum Gasteiger partial charge on any atom is -0.481 e. The molecule has 3 N–H and O–H groups in total. The Labute approximate surface area is 89.2 Å². The van der Waals surface area contributed by atoms with Crippen LogP contribution in [-0.2, 0) is 9.59 Å². The molecule has 1 aliphatic rings. The van der Waals surface area contributed by atoms with E-state index in [9.17, 15) is 9.59 Å². The van der Waals surface area contributed by atoms with Gasteiger partial charge < -0.3 is 15.7 Å². The lowest BCUT2D eigenvalue weighted by atomic mass is 9.99. The van der Waals surface area contributed by atoms with Gasteiger partial charge in [-0.25, -0.2) is 0 Å². The molecule has 1 saturated heterocycles. The maximum absolute atomic E-state index is 11.6. The Bertz CT molecular complexity index is 255. The fraction of sp³-hybridized carbons (Fsp3) is 0.800. The molecule has 0 bridgehead atoms. The fourth-order valence-corrected chi connectivity index (χ4v) is 1.90. The van der Waals surface area contributed by atoms with Crippen LogP contribution in [0.25, 0.3) is 0 Å². The summed E-state index contributed by atoms with van der Waals surface area (Å²) in [6, 6.07) is 0. The summed E-state index contributed by atoms with van der Waals surface area (Å²) in [5, 5.41) is 8.90. The van der Waals surface area contributed by atoms with E-state index in [0.29, 0.717) is 32.5 Å². The molecule has 2 unspecified atom stereocenters. The summed E-state index contributed by atoms with van der Waals surface area (Å²) in [4.78, 5) is 24.1. The molecular weight excluding hydrogens is 196 g/mol. The van der Waals surface area contributed by atoms with Crippen LogP contribution in [0.15, 0.2) is 0 Å². The topological polar surface area (TPSA) is 83.6 Å². The normalized spacial score (nSPS) is 25.6. The summed E-state index contributed by atoms with van der Waals surface area (Å²) < 4.78 is 0. The first kappa shape index (κ1) is 12.0. The number of nitrogens with zero attached hydrogens (tertiary/aromatic N) is 1. The predicted molar refractivity (Wildman–Crippen MR) is 55.2 cm³/mol. The Morgan fingerprint density at radius 1 is 1.47 bits per heavy atom. The van der Waals surface area contributed by atoms with Gasteiger partial charge in [0.15, 0.2) is 0 Å². The lowest BCUT2D eigenvalue weighted by molar-refractivity contribution is -0.142. The zero-order valence-corrected chi connectivity index (χ0v) is 8.98. The van der Waals surface area contributed by atoms with Gasteiger partial charge in [-0.3, -0.25) is 9.59 Å². The lowest BCUT2D eigenvalue weighted by Gasteiger charge is -2.15. The van der Waals surface area contributed by atoms with Crippen molar-refractivity contribution in [3.05, 3.63) is 0 Å². The average Bonchev–Trinajstić information content (AvgIpc) is 2.56. The van der Waals surface area contributed by atoms with Gasteiger partial charge in [0.05, 0.1) is 5.92 Å². The van der Waals surface area contributed by atoms with Crippen LogP contribution in [-0.4, -0.2) is 41.5 Å². The van der Waals surface area contributed by atoms with Gasteiger partial charge >= 0.3 is 5.97 Å². The molecule has 0 aromatic rings. The SMILES string of the molecule is CC1CN(C(=O)CCCN)CC1C(=O)O. The molecule has 5 heteroatoms. The summed E-state index contributed by atoms with van der Waals surface area (Å²) in [6.07, 6.45) is 1.09. The van der Waals surface area contributed by atoms with E-state index in [4.69, 9.17) is 10.8 Å². The molecule has 2 atom stereocenters. The van der Waals surface area contributed by atoms with Gasteiger partial charge in [-0.15, -0.1) is 0 Å². The van der Waals surface area contributed by atoms with Crippen LogP contribution in [0.4, 0.5) is 0 Å². The Hall–Kier alpha value is -1.10. The van der Waals surface area contributed by atoms with E-state index in [1.807, 2.05) is 6.92 Å². The van der Waals surface area contributed by atoms with Crippen LogP contribution in [0, 0.1) is 11.8 Å². The van der Waals surface area contributed by atoms with E-state index in [1.54, 1.807) is 4.90 Å². The second-order valence-electron chi connectivity index (χ2n) is 4.11. The van der Waals surface area contributed by atoms with Gasteiger partial charge in [0.1, 0.15) is 0 Å². The molecular formula is C10H18N2O3. The van der Waals surface area contributed by atoms with Gasteiger partial charge in [-0.05, 0) is 18.9 Å². The number of carbonyl (C=O) groups is 2. The van der Waals surface area contributed by atoms with Crippen molar-refractivity contribution in [2.24, 2.45) is 17.6 Å². The number of amides is 1. The van der Waals surface area contributed by atoms with Gasteiger partial charge in [0, 0.05) is 19.5 Å². The highest BCUT2D eigenvalue weighted by molar-refractivity contribution is 5.78. The maximum Gasteiger partial charge on any atom is 0.308 e. The molecule has 1 fully saturated rings. The van der Waals surface area contributed by atoms with Crippen molar-refractivity contribution in [1.29, 1.82) is 0 Å². The first-order valence-electron chi connectivity index (χ1n) is 5.27. The number of carbonyl (C=O) groups excluding carboxylic acids is 1. The number of aliphatic carboxylic acids is 1. The quantitative estimate of drug-likeness (QED) is 0.684. The molecule has 86 valence electrons. The number of hydrogen-bond donors (Lipinski definition) is 2. The zero-order chi connectivity index (χ0) is 11.4. The summed E-state index contributed by atoms with van der Waals surface area (Å²) >= 11 is 0. The smallest absolute Gasteiger partial charge is 0.308 e. The van der Waals surface area contributed by atoms with E-state index in [1.165, 1.54) is 0 Å². The molecule has 0 aromatic carbocycles. The first-order valence-corrected chi connectivity index (χ1v) is 5.27. The molecule has 1 aliphatic heterocycles. The molecule has 0 saturated carbocycles. The van der Waals surface area contributed by atoms with Crippen LogP contribution in [0.3, 0.4) is 0 Å². The molecule has 1 heterocycles. The van der Waals surface area contributed by atoms with E-state index >= 15 is 0 Å². The minimum atomic E-state index is -0.809. The summed E-state index contributed by atoms with van der Waals surface area (Å²) in [7, 11) is 0. The molecule has 0 aliphatic carbocycles. The van der Waals surface area contributed by atoms with E-state index in [-0.39, 0.29) is 11.8 Å². The summed E-state index contributed by atoms with van der Waals surface area (Å²) in [5.41, 5.74) is 5.31. The molecule has 5 nitrogen and oxygen atoms in total. The highest BCUT2D eigenvalue weighted by Crippen LogP contribution is 2.23. The zero-order valence-electron chi connectivity index (χ0n) is 8.98. The van der Waals surface area contributed by atoms with Gasteiger partial charge in [-0.2, -0.15) is 0 Å². The number of carboxylic acids is 1. The molecule has 1 amide bonds. The Kier molecular flexibility index (Phi) is 4.08. The van der Waals surface area contributed by atoms with Gasteiger partial charge in [-0.1, -0.05) is 6.92 Å². The molecule has 0 radical (unpaired) electrons. The van der Waals surface area contributed by atoms with Crippen molar-refractivity contribution >= 4 is 11.9 Å². The third-order valence-electron chi connectivity index (χ3n) is 2.88. The minimum absolute atomic E-state index is 0.0241. The van der Waals surface area contributed by atoms with Crippen LogP contribution in [0.1, 0.15) is 19.8 Å². The van der Waals surface area contributed by atoms with Gasteiger partial charge in [0.25, 0.3) is 0 Å². The van der Waals surface area contributed by atoms with Crippen molar-refractivity contribution in [2.75, 3.05) is 19.6 Å². The van der Waals surface area contributed by atoms with Crippen molar-refractivity contribution in [2.45, 2.75) is 19.8 Å². The lowest BCUT2D eigenvalue weighted by Crippen LogP contribution is -2.30. The van der Waals surface area contributed by atoms with Crippen LogP contribution >= 0.6 is 0 Å². The monoisotopic (exact) mass is 214 g/mol. The summed E-state index contributed by atoms with van der Waals surface area (Å²) in [6.45, 7) is 3.27. The number of rotatable bonds is 4. The van der Waals surface area contributed by atoms with Crippen LogP contribution < -0.4 is 5.73 Å². The van der Waals surface area contributed by atoms with Crippen molar-refractivity contribution in [3.8, 4) is 0 Å². The number of carboxylic acid groups (broad SMARTS) is 1. The molecule has 0 spiro atoms. The van der Waals surface area contributed by atoms with E-state index in [0.717, 1.165) is 0 Å². The molecule has 0 aromatic heterocycles. The number of nitrogens with two attached hydrogens (primary N) is 1. The molecule has 1 rings (SSSR count). The van der Waals surface area contributed by atoms with Gasteiger partial charge in [0.2, 0.25) is 5.91 Å². The van der Waals surface area contributed by atoms with E-state index in [2.05, 4.69) is 0 Å². The largest absolute Gasteiger partial charge is 0.481 e. The third-order valence-corrected chi connectivity index (χ3v) is 2.88. The Morgan fingerprint density at radius 3 is 2.60 bits per heavy atom. The van der Waals surface area contributed by atoms with E-state index < -0.39 is 11.9 Å². The highest BCUT2D eigenvalue weighted by Gasteiger charge is 2.36. The third kappa shape index (κ3) is 2.92. The standard InChI is InChI=1S/C10H18N2O3/c1-7-5-12(6-8(7)10(14)15)9(13)3-2-4-11/h7-8H,2-6,11H2,1H3,(H,14,15). The first-order chi connectivity index (χ1) is 7.06. The van der Waals surface area contributed by atoms with Crippen molar-refractivity contribution in [1.82, 2.24) is 4.90 Å². The number of hydrogen-bond acceptors (Lipinski definition) is 3. The fourth-order valence-electron chi connectivity index (χ4n) is 1.90. The maximum atomic E-state index is 11.6. The second-order valence-corrected chi connectivity index (χ2v) is 4.11. The number of likely N-dealkylation sites (tertiary alicyclic amines) is 1.